The van der Waals surface area contributed by atoms with E-state index in [1.165, 1.54) is 32.1 Å². The minimum atomic E-state index is -0.493. The van der Waals surface area contributed by atoms with Gasteiger partial charge >= 0.3 is 0 Å². The monoisotopic (exact) mass is 446 g/mol. The molecule has 0 amide bonds. The van der Waals surface area contributed by atoms with Crippen LogP contribution in [0.3, 0.4) is 0 Å². The van der Waals surface area contributed by atoms with E-state index in [9.17, 15) is 9.90 Å². The average molecular weight is 447 g/mol. The van der Waals surface area contributed by atoms with Crippen molar-refractivity contribution >= 4 is 5.78 Å². The molecule has 32 heavy (non-hydrogen) atoms. The number of ether oxygens (including phenoxy) is 1. The lowest BCUT2D eigenvalue weighted by Gasteiger charge is -2.56. The first-order chi connectivity index (χ1) is 15.1. The van der Waals surface area contributed by atoms with Crippen molar-refractivity contribution in [3.8, 4) is 0 Å². The van der Waals surface area contributed by atoms with Crippen LogP contribution in [0.1, 0.15) is 91.4 Å². The van der Waals surface area contributed by atoms with Crippen molar-refractivity contribution < 1.29 is 14.6 Å². The Kier molecular flexibility index (Phi) is 5.60. The molecule has 0 aromatic carbocycles. The number of fused-ring (bicyclic) bond motifs is 4. The summed E-state index contributed by atoms with van der Waals surface area (Å²) in [7, 11) is 1.86. The number of nitrogens with zero attached hydrogens (tertiary/aromatic N) is 4. The third-order valence-electron chi connectivity index (χ3n) is 10.2. The second-order valence-corrected chi connectivity index (χ2v) is 12.3. The van der Waals surface area contributed by atoms with Gasteiger partial charge in [-0.1, -0.05) is 43.6 Å². The number of Topliss-reactive ketones (excluding diaryl/α,β-unsaturated/α-hetero) is 1. The molecule has 7 nitrogen and oxygen atoms in total. The molecule has 5 rings (SSSR count). The van der Waals surface area contributed by atoms with Gasteiger partial charge in [-0.3, -0.25) is 4.79 Å². The number of rotatable bonds is 3. The molecule has 0 spiro atoms. The van der Waals surface area contributed by atoms with Crippen LogP contribution in [0, 0.1) is 28.6 Å². The van der Waals surface area contributed by atoms with Gasteiger partial charge in [0.1, 0.15) is 0 Å². The van der Waals surface area contributed by atoms with Crippen LogP contribution in [-0.4, -0.2) is 52.6 Å². The van der Waals surface area contributed by atoms with Gasteiger partial charge in [-0.25, -0.2) is 10.0 Å². The van der Waals surface area contributed by atoms with Crippen LogP contribution < -0.4 is 0 Å². The predicted molar refractivity (Wildman–Crippen MR) is 121 cm³/mol. The van der Waals surface area contributed by atoms with Crippen LogP contribution in [0.15, 0.2) is 10.4 Å². The minimum Gasteiger partial charge on any atom is -0.390 e. The summed E-state index contributed by atoms with van der Waals surface area (Å²) in [5.41, 5.74) is -0.0956. The van der Waals surface area contributed by atoms with Crippen molar-refractivity contribution in [2.75, 3.05) is 13.6 Å². The molecule has 0 aromatic heterocycles. The van der Waals surface area contributed by atoms with Crippen molar-refractivity contribution in [2.24, 2.45) is 39.0 Å². The summed E-state index contributed by atoms with van der Waals surface area (Å²) in [6.45, 7) is 7.30. The molecule has 8 atom stereocenters. The number of carbonyl (C=O) groups is 1. The van der Waals surface area contributed by atoms with Crippen LogP contribution in [0.5, 0.6) is 0 Å². The summed E-state index contributed by atoms with van der Waals surface area (Å²) in [6, 6.07) is 0. The van der Waals surface area contributed by atoms with Gasteiger partial charge < -0.3 is 9.84 Å². The van der Waals surface area contributed by atoms with Gasteiger partial charge in [-0.15, -0.1) is 0 Å². The fourth-order valence-electron chi connectivity index (χ4n) is 8.21. The molecule has 5 aliphatic rings. The van der Waals surface area contributed by atoms with Crippen molar-refractivity contribution in [3.63, 3.8) is 0 Å². The third-order valence-corrected chi connectivity index (χ3v) is 10.2. The Morgan fingerprint density at radius 3 is 2.50 bits per heavy atom. The number of hydrogen-bond donors (Lipinski definition) is 1. The standard InChI is InChI=1S/C25H42N4O3/c1-23(31)12-5-6-14-24(2)17(8-7-13-23)11-15-25(3)18(9-10-20(24)25)19(30)16-29-22-21(32-22)28(4)26-27-29/h17-18,20-22,31H,5-16H2,1-4H3/t17-,18+,20-,21?,22?,23-,24?,25+/m0/s1. The van der Waals surface area contributed by atoms with E-state index in [1.54, 1.807) is 10.0 Å². The predicted octanol–water partition coefficient (Wildman–Crippen LogP) is 4.71. The average Bonchev–Trinajstić information content (AvgIpc) is 3.46. The smallest absolute Gasteiger partial charge is 0.196 e. The molecule has 3 unspecified atom stereocenters. The first-order valence-corrected chi connectivity index (χ1v) is 13.0. The molecule has 3 aliphatic carbocycles. The Bertz CT molecular complexity index is 772. The minimum absolute atomic E-state index is 0.0507. The van der Waals surface area contributed by atoms with E-state index >= 15 is 0 Å². The van der Waals surface area contributed by atoms with E-state index in [4.69, 9.17) is 4.74 Å². The highest BCUT2D eigenvalue weighted by Gasteiger charge is 2.60. The number of aliphatic hydroxyl groups is 1. The highest BCUT2D eigenvalue weighted by molar-refractivity contribution is 5.84. The molecule has 1 saturated heterocycles. The quantitative estimate of drug-likeness (QED) is 0.635. The molecule has 7 heteroatoms. The van der Waals surface area contributed by atoms with E-state index in [2.05, 4.69) is 24.3 Å². The Hall–Kier alpha value is -1.21. The van der Waals surface area contributed by atoms with Gasteiger partial charge in [0.2, 0.25) is 0 Å². The first-order valence-electron chi connectivity index (χ1n) is 13.0. The topological polar surface area (TPSA) is 81.0 Å². The Morgan fingerprint density at radius 2 is 1.69 bits per heavy atom. The Balaban J connectivity index is 1.30. The van der Waals surface area contributed by atoms with Crippen molar-refractivity contribution in [2.45, 2.75) is 109 Å². The van der Waals surface area contributed by atoms with E-state index in [-0.39, 0.29) is 23.8 Å². The van der Waals surface area contributed by atoms with Crippen LogP contribution >= 0.6 is 0 Å². The van der Waals surface area contributed by atoms with E-state index < -0.39 is 5.60 Å². The van der Waals surface area contributed by atoms with Crippen molar-refractivity contribution in [1.29, 1.82) is 0 Å². The van der Waals surface area contributed by atoms with E-state index in [0.717, 1.165) is 44.4 Å². The first kappa shape index (κ1) is 22.6. The second kappa shape index (κ2) is 7.93. The lowest BCUT2D eigenvalue weighted by Crippen LogP contribution is -2.50. The summed E-state index contributed by atoms with van der Waals surface area (Å²) in [6.07, 6.45) is 12.1. The summed E-state index contributed by atoms with van der Waals surface area (Å²) >= 11 is 0. The Labute approximate surface area is 192 Å². The maximum Gasteiger partial charge on any atom is 0.196 e. The molecular formula is C25H42N4O3. The Morgan fingerprint density at radius 1 is 0.938 bits per heavy atom. The third kappa shape index (κ3) is 3.77. The van der Waals surface area contributed by atoms with Gasteiger partial charge in [0.05, 0.1) is 12.1 Å². The zero-order valence-electron chi connectivity index (χ0n) is 20.4. The normalized spacial score (nSPS) is 48.6. The molecule has 4 fully saturated rings. The SMILES string of the molecule is CN1N=NN(CC(=O)[C@H]2CC[C@H]3C4(C)CCCC[C@](C)(O)CCC[C@H]4CC[C@]23C)C2OC21. The number of likely N-dealkylation sites (N-methyl/N-ethyl adjacent to an activating group) is 1. The van der Waals surface area contributed by atoms with Gasteiger partial charge in [-0.05, 0) is 81.0 Å². The zero-order valence-corrected chi connectivity index (χ0v) is 20.4. The van der Waals surface area contributed by atoms with E-state index in [0.29, 0.717) is 23.7 Å². The molecule has 0 aromatic rings. The van der Waals surface area contributed by atoms with Crippen LogP contribution in [0.2, 0.25) is 0 Å². The lowest BCUT2D eigenvalue weighted by atomic mass is 9.49. The summed E-state index contributed by atoms with van der Waals surface area (Å²) in [5.74, 6) is 1.77. The maximum atomic E-state index is 13.5. The molecule has 180 valence electrons. The van der Waals surface area contributed by atoms with Gasteiger partial charge in [0.15, 0.2) is 18.2 Å². The molecule has 2 aliphatic heterocycles. The fourth-order valence-corrected chi connectivity index (χ4v) is 8.21. The molecule has 2 heterocycles. The highest BCUT2D eigenvalue weighted by Crippen LogP contribution is 2.66. The fraction of sp³-hybridized carbons (Fsp3) is 0.960. The van der Waals surface area contributed by atoms with E-state index in [1.807, 2.05) is 14.0 Å². The molecule has 1 N–H and O–H groups in total. The number of carbonyl (C=O) groups excluding carboxylic acids is 1. The second-order valence-electron chi connectivity index (χ2n) is 12.3. The van der Waals surface area contributed by atoms with Crippen LogP contribution in [0.4, 0.5) is 0 Å². The van der Waals surface area contributed by atoms with Crippen LogP contribution in [-0.2, 0) is 9.53 Å². The molecular weight excluding hydrogens is 404 g/mol. The van der Waals surface area contributed by atoms with Gasteiger partial charge in [-0.2, -0.15) is 0 Å². The number of hydrogen-bond acceptors (Lipinski definition) is 7. The summed E-state index contributed by atoms with van der Waals surface area (Å²) in [4.78, 5) is 13.5. The van der Waals surface area contributed by atoms with Crippen LogP contribution in [0.25, 0.3) is 0 Å². The number of ketones is 1. The summed E-state index contributed by atoms with van der Waals surface area (Å²) in [5, 5.41) is 22.5. The largest absolute Gasteiger partial charge is 0.390 e. The molecule has 3 saturated carbocycles. The van der Waals surface area contributed by atoms with Gasteiger partial charge in [0.25, 0.3) is 0 Å². The molecule has 0 bridgehead atoms. The van der Waals surface area contributed by atoms with Crippen molar-refractivity contribution in [3.05, 3.63) is 0 Å². The maximum absolute atomic E-state index is 13.5. The zero-order chi connectivity index (χ0) is 22.7. The number of epoxide rings is 1. The molecule has 0 radical (unpaired) electrons. The van der Waals surface area contributed by atoms with Crippen molar-refractivity contribution in [1.82, 2.24) is 10.0 Å². The lowest BCUT2D eigenvalue weighted by molar-refractivity contribution is -0.133. The van der Waals surface area contributed by atoms with Gasteiger partial charge in [0, 0.05) is 13.0 Å². The summed E-state index contributed by atoms with van der Waals surface area (Å²) < 4.78 is 5.64. The highest BCUT2D eigenvalue weighted by atomic mass is 16.6.